The lowest BCUT2D eigenvalue weighted by Gasteiger charge is -2.45. The van der Waals surface area contributed by atoms with Crippen LogP contribution < -0.4 is 0 Å². The van der Waals surface area contributed by atoms with Gasteiger partial charge < -0.3 is 10.1 Å². The number of halogens is 3. The number of nitriles is 1. The Bertz CT molecular complexity index is 1690. The Hall–Kier alpha value is -4.46. The van der Waals surface area contributed by atoms with Crippen molar-refractivity contribution < 1.29 is 23.1 Å². The Morgan fingerprint density at radius 2 is 1.97 bits per heavy atom. The Morgan fingerprint density at radius 1 is 1.23 bits per heavy atom. The number of aromatic nitrogens is 4. The summed E-state index contributed by atoms with van der Waals surface area (Å²) in [5.41, 5.74) is 0.239. The van der Waals surface area contributed by atoms with Crippen molar-refractivity contribution in [3.8, 4) is 28.5 Å². The second kappa shape index (κ2) is 9.38. The molecule has 39 heavy (non-hydrogen) atoms. The van der Waals surface area contributed by atoms with Gasteiger partial charge in [-0.3, -0.25) is 9.48 Å². The number of hydrogen-bond donors (Lipinski definition) is 2. The smallest absolute Gasteiger partial charge is 0.307 e. The topological polar surface area (TPSA) is 120 Å². The number of benzene rings is 1. The maximum atomic E-state index is 16.1. The van der Waals surface area contributed by atoms with Gasteiger partial charge in [0, 0.05) is 59.7 Å². The zero-order valence-electron chi connectivity index (χ0n) is 20.8. The van der Waals surface area contributed by atoms with E-state index in [-0.39, 0.29) is 56.9 Å². The molecule has 0 aliphatic heterocycles. The van der Waals surface area contributed by atoms with Crippen molar-refractivity contribution in [3.63, 3.8) is 0 Å². The predicted molar refractivity (Wildman–Crippen MR) is 137 cm³/mol. The van der Waals surface area contributed by atoms with Crippen LogP contribution >= 0.6 is 0 Å². The summed E-state index contributed by atoms with van der Waals surface area (Å²) in [6.07, 6.45) is 9.25. The van der Waals surface area contributed by atoms with E-state index in [4.69, 9.17) is 0 Å². The van der Waals surface area contributed by atoms with E-state index < -0.39 is 29.3 Å². The summed E-state index contributed by atoms with van der Waals surface area (Å²) in [5, 5.41) is 24.2. The number of aryl methyl sites for hydroxylation is 1. The monoisotopic (exact) mass is 532 g/mol. The molecule has 4 aromatic rings. The van der Waals surface area contributed by atoms with Gasteiger partial charge in [-0.05, 0) is 43.6 Å². The SMILES string of the molecule is Cn1cc(-c2c(F)c(N=CC3C4CCC(CC4)[C@H]3C(=O)O)nc(-c3c[nH]c4c(F)cc(F)cc34)c2C#N)cn1. The van der Waals surface area contributed by atoms with Crippen molar-refractivity contribution in [3.05, 3.63) is 53.7 Å². The first kappa shape index (κ1) is 24.9. The largest absolute Gasteiger partial charge is 0.481 e. The van der Waals surface area contributed by atoms with Crippen LogP contribution in [0.1, 0.15) is 31.2 Å². The van der Waals surface area contributed by atoms with Gasteiger partial charge in [0.1, 0.15) is 17.7 Å². The minimum absolute atomic E-state index is 0.0110. The zero-order chi connectivity index (χ0) is 27.4. The van der Waals surface area contributed by atoms with Gasteiger partial charge >= 0.3 is 5.97 Å². The maximum Gasteiger partial charge on any atom is 0.307 e. The Kier molecular flexibility index (Phi) is 5.98. The van der Waals surface area contributed by atoms with Crippen molar-refractivity contribution in [2.75, 3.05) is 0 Å². The highest BCUT2D eigenvalue weighted by Crippen LogP contribution is 2.48. The lowest BCUT2D eigenvalue weighted by molar-refractivity contribution is -0.149. The quantitative estimate of drug-likeness (QED) is 0.317. The number of H-pyrrole nitrogens is 1. The predicted octanol–water partition coefficient (Wildman–Crippen LogP) is 5.76. The summed E-state index contributed by atoms with van der Waals surface area (Å²) in [5.74, 6) is -4.59. The van der Waals surface area contributed by atoms with E-state index in [1.165, 1.54) is 29.5 Å². The molecule has 2 N–H and O–H groups in total. The maximum absolute atomic E-state index is 16.1. The molecule has 3 heterocycles. The van der Waals surface area contributed by atoms with Crippen LogP contribution in [0.4, 0.5) is 19.0 Å². The van der Waals surface area contributed by atoms with Crippen LogP contribution in [0, 0.1) is 52.5 Å². The van der Waals surface area contributed by atoms with Crippen LogP contribution in [0.3, 0.4) is 0 Å². The number of rotatable bonds is 5. The minimum Gasteiger partial charge on any atom is -0.481 e. The molecule has 3 saturated carbocycles. The molecule has 11 heteroatoms. The standard InChI is InChI=1S/C28H23F3N6O2/c1-37-12-15(9-35-37)22-18(8-32)25(20-11-33-26-17(20)6-16(29)7-21(26)30)36-27(24(22)31)34-10-19-13-2-4-14(5-3-13)23(19)28(38)39/h6-7,9-14,19,23,33H,2-5H2,1H3,(H,38,39)/t13?,14?,19?,23-/m1/s1. The first-order valence-electron chi connectivity index (χ1n) is 12.6. The Morgan fingerprint density at radius 3 is 2.64 bits per heavy atom. The van der Waals surface area contributed by atoms with Crippen molar-refractivity contribution in [1.82, 2.24) is 19.7 Å². The number of aromatic amines is 1. The summed E-state index contributed by atoms with van der Waals surface area (Å²) in [7, 11) is 1.64. The molecule has 3 fully saturated rings. The number of fused-ring (bicyclic) bond motifs is 4. The van der Waals surface area contributed by atoms with Crippen molar-refractivity contribution in [2.45, 2.75) is 25.7 Å². The molecular weight excluding hydrogens is 509 g/mol. The summed E-state index contributed by atoms with van der Waals surface area (Å²) in [6, 6.07) is 3.85. The van der Waals surface area contributed by atoms with Crippen LogP contribution in [0.2, 0.25) is 0 Å². The molecule has 2 bridgehead atoms. The number of carboxylic acid groups (broad SMARTS) is 1. The van der Waals surface area contributed by atoms with Gasteiger partial charge in [0.15, 0.2) is 11.6 Å². The average Bonchev–Trinajstić information content (AvgIpc) is 3.54. The molecule has 3 aliphatic carbocycles. The fraction of sp³-hybridized carbons (Fsp3) is 0.321. The first-order chi connectivity index (χ1) is 18.8. The summed E-state index contributed by atoms with van der Waals surface area (Å²) < 4.78 is 46.1. The van der Waals surface area contributed by atoms with Gasteiger partial charge in [-0.1, -0.05) is 0 Å². The van der Waals surface area contributed by atoms with Crippen molar-refractivity contribution >= 4 is 28.9 Å². The third kappa shape index (κ3) is 4.07. The molecule has 198 valence electrons. The number of nitrogens with zero attached hydrogens (tertiary/aromatic N) is 5. The van der Waals surface area contributed by atoms with Gasteiger partial charge in [0.05, 0.1) is 28.9 Å². The first-order valence-corrected chi connectivity index (χ1v) is 12.6. The number of aliphatic imine (C=N–C) groups is 1. The third-order valence-electron chi connectivity index (χ3n) is 8.12. The van der Waals surface area contributed by atoms with E-state index in [2.05, 4.69) is 20.1 Å². The summed E-state index contributed by atoms with van der Waals surface area (Å²) in [4.78, 5) is 23.6. The molecular formula is C28H23F3N6O2. The minimum atomic E-state index is -0.895. The molecule has 1 aromatic carbocycles. The number of aliphatic carboxylic acids is 1. The second-order valence-corrected chi connectivity index (χ2v) is 10.3. The number of hydrogen-bond acceptors (Lipinski definition) is 5. The number of pyridine rings is 1. The lowest BCUT2D eigenvalue weighted by atomic mass is 9.59. The van der Waals surface area contributed by atoms with Gasteiger partial charge in [-0.2, -0.15) is 10.4 Å². The van der Waals surface area contributed by atoms with Gasteiger partial charge in [-0.25, -0.2) is 23.1 Å². The zero-order valence-corrected chi connectivity index (χ0v) is 20.8. The van der Waals surface area contributed by atoms with Crippen LogP contribution in [-0.2, 0) is 11.8 Å². The second-order valence-electron chi connectivity index (χ2n) is 10.3. The molecule has 3 aromatic heterocycles. The Labute approximate surface area is 220 Å². The van der Waals surface area contributed by atoms with Crippen molar-refractivity contribution in [2.24, 2.45) is 35.7 Å². The van der Waals surface area contributed by atoms with E-state index >= 15 is 4.39 Å². The molecule has 0 saturated heterocycles. The lowest BCUT2D eigenvalue weighted by Crippen LogP contribution is -2.44. The van der Waals surface area contributed by atoms with Crippen LogP contribution in [0.5, 0.6) is 0 Å². The van der Waals surface area contributed by atoms with Gasteiger partial charge in [0.2, 0.25) is 0 Å². The molecule has 0 amide bonds. The normalized spacial score (nSPS) is 22.5. The van der Waals surface area contributed by atoms with Gasteiger partial charge in [0.25, 0.3) is 0 Å². The molecule has 3 aliphatic rings. The number of nitrogens with one attached hydrogen (secondary N) is 1. The third-order valence-corrected chi connectivity index (χ3v) is 8.12. The molecule has 1 unspecified atom stereocenters. The van der Waals surface area contributed by atoms with Crippen LogP contribution in [0.25, 0.3) is 33.3 Å². The molecule has 0 spiro atoms. The summed E-state index contributed by atoms with van der Waals surface area (Å²) in [6.45, 7) is 0. The number of carbonyl (C=O) groups is 1. The van der Waals surface area contributed by atoms with Crippen LogP contribution in [0.15, 0.2) is 35.7 Å². The van der Waals surface area contributed by atoms with E-state index in [0.29, 0.717) is 5.56 Å². The fourth-order valence-electron chi connectivity index (χ4n) is 6.35. The summed E-state index contributed by atoms with van der Waals surface area (Å²) >= 11 is 0. The molecule has 8 nitrogen and oxygen atoms in total. The highest BCUT2D eigenvalue weighted by molar-refractivity contribution is 5.98. The van der Waals surface area contributed by atoms with Crippen LogP contribution in [-0.4, -0.2) is 37.0 Å². The molecule has 0 radical (unpaired) electrons. The average molecular weight is 533 g/mol. The van der Waals surface area contributed by atoms with Crippen molar-refractivity contribution in [1.29, 1.82) is 5.26 Å². The molecule has 7 rings (SSSR count). The highest BCUT2D eigenvalue weighted by Gasteiger charge is 2.46. The van der Waals surface area contributed by atoms with E-state index in [1.54, 1.807) is 7.05 Å². The molecule has 2 atom stereocenters. The van der Waals surface area contributed by atoms with E-state index in [0.717, 1.165) is 37.8 Å². The van der Waals surface area contributed by atoms with Gasteiger partial charge in [-0.15, -0.1) is 0 Å². The fourth-order valence-corrected chi connectivity index (χ4v) is 6.35. The Balaban J connectivity index is 1.56. The van der Waals surface area contributed by atoms with E-state index in [1.807, 2.05) is 6.07 Å². The number of carboxylic acids is 1. The van der Waals surface area contributed by atoms with E-state index in [9.17, 15) is 23.9 Å². The highest BCUT2D eigenvalue weighted by atomic mass is 19.1.